The second-order valence-electron chi connectivity index (χ2n) is 7.64. The molecule has 2 heterocycles. The van der Waals surface area contributed by atoms with Gasteiger partial charge in [0.15, 0.2) is 5.69 Å². The van der Waals surface area contributed by atoms with Crippen LogP contribution >= 0.6 is 0 Å². The number of aromatic nitrogens is 2. The van der Waals surface area contributed by atoms with Gasteiger partial charge in [0.1, 0.15) is 0 Å². The van der Waals surface area contributed by atoms with Crippen LogP contribution in [0.2, 0.25) is 0 Å². The molecule has 2 aromatic rings. The molecule has 7 nitrogen and oxygen atoms in total. The summed E-state index contributed by atoms with van der Waals surface area (Å²) in [6, 6.07) is 10.2. The maximum absolute atomic E-state index is 12.8. The van der Waals surface area contributed by atoms with Gasteiger partial charge in [-0.25, -0.2) is 0 Å². The SMILES string of the molecule is CCN(CC)C(=O)CN1CCc2c(c(C(=O)N(C)C)nn2Cc2ccccc2)C1. The summed E-state index contributed by atoms with van der Waals surface area (Å²) in [5.74, 6) is 0.0422. The lowest BCUT2D eigenvalue weighted by atomic mass is 10.0. The molecule has 7 heteroatoms. The Morgan fingerprint density at radius 3 is 2.41 bits per heavy atom. The predicted octanol–water partition coefficient (Wildman–Crippen LogP) is 1.86. The summed E-state index contributed by atoms with van der Waals surface area (Å²) in [7, 11) is 3.49. The number of hydrogen-bond donors (Lipinski definition) is 0. The first-order valence-corrected chi connectivity index (χ1v) is 10.3. The third-order valence-electron chi connectivity index (χ3n) is 5.47. The monoisotopic (exact) mass is 397 g/mol. The molecule has 1 aliphatic heterocycles. The summed E-state index contributed by atoms with van der Waals surface area (Å²) >= 11 is 0. The third-order valence-corrected chi connectivity index (χ3v) is 5.47. The van der Waals surface area contributed by atoms with Gasteiger partial charge in [0.05, 0.1) is 13.1 Å². The number of amides is 2. The van der Waals surface area contributed by atoms with Crippen LogP contribution in [0.15, 0.2) is 30.3 Å². The van der Waals surface area contributed by atoms with E-state index in [0.29, 0.717) is 38.4 Å². The van der Waals surface area contributed by atoms with Crippen molar-refractivity contribution in [3.63, 3.8) is 0 Å². The maximum atomic E-state index is 12.8. The van der Waals surface area contributed by atoms with Gasteiger partial charge >= 0.3 is 0 Å². The average molecular weight is 398 g/mol. The number of rotatable bonds is 7. The molecular weight excluding hydrogens is 366 g/mol. The molecule has 0 unspecified atom stereocenters. The molecule has 0 fully saturated rings. The standard InChI is InChI=1S/C22H31N5O2/c1-5-26(6-2)20(28)16-25-13-12-19-18(15-25)21(22(29)24(3)4)23-27(19)14-17-10-8-7-9-11-17/h7-11H,5-6,12-16H2,1-4H3. The van der Waals surface area contributed by atoms with E-state index >= 15 is 0 Å². The van der Waals surface area contributed by atoms with Crippen molar-refractivity contribution in [2.24, 2.45) is 0 Å². The molecule has 1 aliphatic rings. The maximum Gasteiger partial charge on any atom is 0.274 e. The van der Waals surface area contributed by atoms with Crippen molar-refractivity contribution >= 4 is 11.8 Å². The van der Waals surface area contributed by atoms with Crippen LogP contribution in [-0.4, -0.2) is 76.6 Å². The lowest BCUT2D eigenvalue weighted by Crippen LogP contribution is -2.42. The lowest BCUT2D eigenvalue weighted by molar-refractivity contribution is -0.132. The van der Waals surface area contributed by atoms with Gasteiger partial charge in [-0.3, -0.25) is 19.2 Å². The minimum absolute atomic E-state index is 0.0926. The van der Waals surface area contributed by atoms with Gasteiger partial charge in [-0.2, -0.15) is 5.10 Å². The fraction of sp³-hybridized carbons (Fsp3) is 0.500. The molecule has 0 radical (unpaired) electrons. The van der Waals surface area contributed by atoms with Gasteiger partial charge in [0, 0.05) is 58.0 Å². The molecular formula is C22H31N5O2. The summed E-state index contributed by atoms with van der Waals surface area (Å²) in [5.41, 5.74) is 3.71. The van der Waals surface area contributed by atoms with Gasteiger partial charge in [-0.05, 0) is 19.4 Å². The normalized spacial score (nSPS) is 13.8. The fourth-order valence-electron chi connectivity index (χ4n) is 3.82. The van der Waals surface area contributed by atoms with Crippen molar-refractivity contribution in [2.45, 2.75) is 33.4 Å². The van der Waals surface area contributed by atoms with Gasteiger partial charge < -0.3 is 9.80 Å². The molecule has 3 rings (SSSR count). The summed E-state index contributed by atoms with van der Waals surface area (Å²) in [6.45, 7) is 7.81. The molecule has 29 heavy (non-hydrogen) atoms. The van der Waals surface area contributed by atoms with Crippen LogP contribution < -0.4 is 0 Å². The van der Waals surface area contributed by atoms with Crippen LogP contribution in [0.4, 0.5) is 0 Å². The first-order valence-electron chi connectivity index (χ1n) is 10.3. The Hall–Kier alpha value is -2.67. The molecule has 0 saturated carbocycles. The number of carbonyl (C=O) groups is 2. The van der Waals surface area contributed by atoms with Crippen LogP contribution in [-0.2, 0) is 24.3 Å². The second-order valence-corrected chi connectivity index (χ2v) is 7.64. The lowest BCUT2D eigenvalue weighted by Gasteiger charge is -2.29. The summed E-state index contributed by atoms with van der Waals surface area (Å²) < 4.78 is 1.96. The molecule has 0 atom stereocenters. The Morgan fingerprint density at radius 2 is 1.79 bits per heavy atom. The number of fused-ring (bicyclic) bond motifs is 1. The van der Waals surface area contributed by atoms with E-state index in [-0.39, 0.29) is 11.8 Å². The second kappa shape index (κ2) is 9.22. The van der Waals surface area contributed by atoms with Gasteiger partial charge in [-0.15, -0.1) is 0 Å². The number of likely N-dealkylation sites (N-methyl/N-ethyl adjacent to an activating group) is 1. The first kappa shape index (κ1) is 21.0. The van der Waals surface area contributed by atoms with Crippen LogP contribution in [0, 0.1) is 0 Å². The number of nitrogens with zero attached hydrogens (tertiary/aromatic N) is 5. The van der Waals surface area contributed by atoms with E-state index in [2.05, 4.69) is 17.0 Å². The third kappa shape index (κ3) is 4.67. The Bertz CT molecular complexity index is 856. The van der Waals surface area contributed by atoms with Crippen molar-refractivity contribution < 1.29 is 9.59 Å². The topological polar surface area (TPSA) is 61.7 Å². The van der Waals surface area contributed by atoms with Crippen molar-refractivity contribution in [3.8, 4) is 0 Å². The van der Waals surface area contributed by atoms with Crippen LogP contribution in [0.3, 0.4) is 0 Å². The van der Waals surface area contributed by atoms with Gasteiger partial charge in [0.2, 0.25) is 5.91 Å². The minimum Gasteiger partial charge on any atom is -0.343 e. The summed E-state index contributed by atoms with van der Waals surface area (Å²) in [5, 5.41) is 4.69. The Morgan fingerprint density at radius 1 is 1.10 bits per heavy atom. The van der Waals surface area contributed by atoms with E-state index in [0.717, 1.165) is 29.8 Å². The fourth-order valence-corrected chi connectivity index (χ4v) is 3.82. The Labute approximate surface area is 172 Å². The number of hydrogen-bond acceptors (Lipinski definition) is 4. The highest BCUT2D eigenvalue weighted by Gasteiger charge is 2.30. The zero-order chi connectivity index (χ0) is 21.0. The van der Waals surface area contributed by atoms with Crippen molar-refractivity contribution in [3.05, 3.63) is 52.8 Å². The molecule has 0 spiro atoms. The highest BCUT2D eigenvalue weighted by Crippen LogP contribution is 2.24. The van der Waals surface area contributed by atoms with E-state index in [4.69, 9.17) is 5.10 Å². The van der Waals surface area contributed by atoms with Crippen LogP contribution in [0.25, 0.3) is 0 Å². The Balaban J connectivity index is 1.86. The molecule has 1 aromatic heterocycles. The quantitative estimate of drug-likeness (QED) is 0.716. The van der Waals surface area contributed by atoms with Gasteiger partial charge in [0.25, 0.3) is 5.91 Å². The smallest absolute Gasteiger partial charge is 0.274 e. The predicted molar refractivity (Wildman–Crippen MR) is 113 cm³/mol. The van der Waals surface area contributed by atoms with Crippen molar-refractivity contribution in [2.75, 3.05) is 40.3 Å². The highest BCUT2D eigenvalue weighted by atomic mass is 16.2. The zero-order valence-electron chi connectivity index (χ0n) is 17.9. The van der Waals surface area contributed by atoms with Crippen molar-refractivity contribution in [1.82, 2.24) is 24.5 Å². The van der Waals surface area contributed by atoms with E-state index < -0.39 is 0 Å². The Kier molecular flexibility index (Phi) is 6.69. The van der Waals surface area contributed by atoms with E-state index in [1.807, 2.05) is 41.6 Å². The van der Waals surface area contributed by atoms with E-state index in [9.17, 15) is 9.59 Å². The zero-order valence-corrected chi connectivity index (χ0v) is 17.9. The molecule has 0 saturated heterocycles. The summed E-state index contributed by atoms with van der Waals surface area (Å²) in [6.07, 6.45) is 0.779. The highest BCUT2D eigenvalue weighted by molar-refractivity contribution is 5.93. The van der Waals surface area contributed by atoms with Crippen LogP contribution in [0.5, 0.6) is 0 Å². The first-order chi connectivity index (χ1) is 13.9. The van der Waals surface area contributed by atoms with E-state index in [1.54, 1.807) is 19.0 Å². The molecule has 0 bridgehead atoms. The average Bonchev–Trinajstić information content (AvgIpc) is 3.06. The number of benzene rings is 1. The minimum atomic E-state index is -0.0926. The molecule has 156 valence electrons. The van der Waals surface area contributed by atoms with Crippen molar-refractivity contribution in [1.29, 1.82) is 0 Å². The largest absolute Gasteiger partial charge is 0.343 e. The van der Waals surface area contributed by atoms with Gasteiger partial charge in [-0.1, -0.05) is 30.3 Å². The molecule has 1 aromatic carbocycles. The molecule has 0 aliphatic carbocycles. The number of carbonyl (C=O) groups excluding carboxylic acids is 2. The summed E-state index contributed by atoms with van der Waals surface area (Å²) in [4.78, 5) is 30.9. The molecule has 0 N–H and O–H groups in total. The molecule has 2 amide bonds. The van der Waals surface area contributed by atoms with Crippen LogP contribution in [0.1, 0.15) is 41.2 Å². The van der Waals surface area contributed by atoms with E-state index in [1.165, 1.54) is 0 Å².